The Labute approximate surface area is 98.3 Å². The summed E-state index contributed by atoms with van der Waals surface area (Å²) >= 11 is 0. The topological polar surface area (TPSA) is 20.3 Å². The molecule has 1 atom stereocenters. The van der Waals surface area contributed by atoms with E-state index in [1.165, 1.54) is 11.3 Å². The molecule has 0 saturated carbocycles. The van der Waals surface area contributed by atoms with Crippen LogP contribution < -0.4 is 4.90 Å². The van der Waals surface area contributed by atoms with Crippen molar-refractivity contribution in [3.8, 4) is 0 Å². The van der Waals surface area contributed by atoms with Gasteiger partial charge in [-0.1, -0.05) is 19.1 Å². The quantitative estimate of drug-likeness (QED) is 0.685. The first-order valence-electron chi connectivity index (χ1n) is 6.01. The fourth-order valence-corrected chi connectivity index (χ4v) is 1.88. The standard InChI is InChI=1S/C14H21NO/c1-4-15(5-2)14-8-6-13(7-9-14)12(3)10-11-16/h6-9,11-12H,4-5,10H2,1-3H3. The van der Waals surface area contributed by atoms with E-state index in [4.69, 9.17) is 0 Å². The first-order chi connectivity index (χ1) is 7.72. The van der Waals surface area contributed by atoms with Crippen molar-refractivity contribution in [3.63, 3.8) is 0 Å². The lowest BCUT2D eigenvalue weighted by molar-refractivity contribution is -0.108. The van der Waals surface area contributed by atoms with E-state index in [0.29, 0.717) is 12.3 Å². The lowest BCUT2D eigenvalue weighted by atomic mass is 9.98. The number of anilines is 1. The largest absolute Gasteiger partial charge is 0.372 e. The molecule has 0 aliphatic carbocycles. The first kappa shape index (κ1) is 12.8. The lowest BCUT2D eigenvalue weighted by Gasteiger charge is -2.21. The Morgan fingerprint density at radius 3 is 2.19 bits per heavy atom. The number of hydrogen-bond donors (Lipinski definition) is 0. The Morgan fingerprint density at radius 2 is 1.75 bits per heavy atom. The van der Waals surface area contributed by atoms with Crippen LogP contribution in [0.2, 0.25) is 0 Å². The van der Waals surface area contributed by atoms with Gasteiger partial charge in [-0.3, -0.25) is 0 Å². The maximum atomic E-state index is 10.4. The Bertz CT molecular complexity index is 314. The summed E-state index contributed by atoms with van der Waals surface area (Å²) in [4.78, 5) is 12.8. The lowest BCUT2D eigenvalue weighted by Crippen LogP contribution is -2.21. The Kier molecular flexibility index (Phi) is 5.03. The molecule has 2 heteroatoms. The monoisotopic (exact) mass is 219 g/mol. The van der Waals surface area contributed by atoms with Crippen LogP contribution in [0, 0.1) is 0 Å². The minimum Gasteiger partial charge on any atom is -0.372 e. The second-order valence-corrected chi connectivity index (χ2v) is 4.07. The van der Waals surface area contributed by atoms with E-state index in [0.717, 1.165) is 19.4 Å². The molecule has 0 saturated heterocycles. The van der Waals surface area contributed by atoms with Crippen LogP contribution in [0.1, 0.15) is 38.7 Å². The SMILES string of the molecule is CCN(CC)c1ccc(C(C)CC=O)cc1. The summed E-state index contributed by atoms with van der Waals surface area (Å²) in [6.07, 6.45) is 1.59. The maximum absolute atomic E-state index is 10.4. The van der Waals surface area contributed by atoms with Crippen LogP contribution in [0.15, 0.2) is 24.3 Å². The van der Waals surface area contributed by atoms with Crippen LogP contribution in [-0.2, 0) is 4.79 Å². The van der Waals surface area contributed by atoms with Crippen molar-refractivity contribution >= 4 is 12.0 Å². The molecular formula is C14H21NO. The summed E-state index contributed by atoms with van der Waals surface area (Å²) in [5.74, 6) is 0.322. The van der Waals surface area contributed by atoms with Crippen molar-refractivity contribution in [1.82, 2.24) is 0 Å². The molecule has 1 rings (SSSR count). The Balaban J connectivity index is 2.77. The number of benzene rings is 1. The minimum atomic E-state index is 0.322. The van der Waals surface area contributed by atoms with Crippen molar-refractivity contribution in [3.05, 3.63) is 29.8 Å². The molecule has 0 aromatic heterocycles. The molecule has 0 aliphatic rings. The van der Waals surface area contributed by atoms with Crippen LogP contribution in [0.25, 0.3) is 0 Å². The van der Waals surface area contributed by atoms with Gasteiger partial charge in [-0.05, 0) is 37.5 Å². The van der Waals surface area contributed by atoms with Gasteiger partial charge in [0.05, 0.1) is 0 Å². The highest BCUT2D eigenvalue weighted by Crippen LogP contribution is 2.21. The van der Waals surface area contributed by atoms with Gasteiger partial charge in [-0.15, -0.1) is 0 Å². The summed E-state index contributed by atoms with van der Waals surface area (Å²) in [6.45, 7) is 8.46. The molecule has 0 spiro atoms. The summed E-state index contributed by atoms with van der Waals surface area (Å²) in [6, 6.07) is 8.54. The molecule has 0 fully saturated rings. The van der Waals surface area contributed by atoms with Crippen molar-refractivity contribution in [2.75, 3.05) is 18.0 Å². The van der Waals surface area contributed by atoms with E-state index in [1.807, 2.05) is 0 Å². The maximum Gasteiger partial charge on any atom is 0.120 e. The van der Waals surface area contributed by atoms with Crippen LogP contribution in [0.5, 0.6) is 0 Å². The third-order valence-corrected chi connectivity index (χ3v) is 3.04. The minimum absolute atomic E-state index is 0.322. The van der Waals surface area contributed by atoms with Gasteiger partial charge >= 0.3 is 0 Å². The van der Waals surface area contributed by atoms with E-state index in [9.17, 15) is 4.79 Å². The molecule has 1 aromatic carbocycles. The Hall–Kier alpha value is -1.31. The fraction of sp³-hybridized carbons (Fsp3) is 0.500. The van der Waals surface area contributed by atoms with E-state index in [1.54, 1.807) is 0 Å². The van der Waals surface area contributed by atoms with E-state index >= 15 is 0 Å². The molecular weight excluding hydrogens is 198 g/mol. The van der Waals surface area contributed by atoms with Gasteiger partial charge in [0.15, 0.2) is 0 Å². The summed E-state index contributed by atoms with van der Waals surface area (Å²) in [5, 5.41) is 0. The van der Waals surface area contributed by atoms with Gasteiger partial charge in [-0.2, -0.15) is 0 Å². The predicted molar refractivity (Wildman–Crippen MR) is 69.1 cm³/mol. The van der Waals surface area contributed by atoms with Crippen LogP contribution in [-0.4, -0.2) is 19.4 Å². The number of carbonyl (C=O) groups is 1. The molecule has 0 amide bonds. The van der Waals surface area contributed by atoms with Gasteiger partial charge < -0.3 is 9.69 Å². The molecule has 0 heterocycles. The zero-order valence-electron chi connectivity index (χ0n) is 10.4. The average molecular weight is 219 g/mol. The highest BCUT2D eigenvalue weighted by Gasteiger charge is 2.06. The molecule has 1 unspecified atom stereocenters. The number of rotatable bonds is 6. The van der Waals surface area contributed by atoms with Crippen molar-refractivity contribution in [1.29, 1.82) is 0 Å². The fourth-order valence-electron chi connectivity index (χ4n) is 1.88. The molecule has 0 radical (unpaired) electrons. The summed E-state index contributed by atoms with van der Waals surface area (Å²) < 4.78 is 0. The van der Waals surface area contributed by atoms with Gasteiger partial charge in [-0.25, -0.2) is 0 Å². The Morgan fingerprint density at radius 1 is 1.19 bits per heavy atom. The molecule has 16 heavy (non-hydrogen) atoms. The number of aldehydes is 1. The van der Waals surface area contributed by atoms with E-state index in [-0.39, 0.29) is 0 Å². The second kappa shape index (κ2) is 6.31. The zero-order valence-corrected chi connectivity index (χ0v) is 10.4. The normalized spacial score (nSPS) is 12.2. The third kappa shape index (κ3) is 3.09. The van der Waals surface area contributed by atoms with Crippen LogP contribution in [0.4, 0.5) is 5.69 Å². The molecule has 0 bridgehead atoms. The highest BCUT2D eigenvalue weighted by molar-refractivity contribution is 5.53. The molecule has 1 aromatic rings. The van der Waals surface area contributed by atoms with E-state index < -0.39 is 0 Å². The first-order valence-corrected chi connectivity index (χ1v) is 6.01. The van der Waals surface area contributed by atoms with Crippen LogP contribution >= 0.6 is 0 Å². The zero-order chi connectivity index (χ0) is 12.0. The highest BCUT2D eigenvalue weighted by atomic mass is 16.1. The summed E-state index contributed by atoms with van der Waals surface area (Å²) in [7, 11) is 0. The van der Waals surface area contributed by atoms with Crippen molar-refractivity contribution in [2.24, 2.45) is 0 Å². The van der Waals surface area contributed by atoms with Crippen molar-refractivity contribution < 1.29 is 4.79 Å². The van der Waals surface area contributed by atoms with Crippen LogP contribution in [0.3, 0.4) is 0 Å². The van der Waals surface area contributed by atoms with E-state index in [2.05, 4.69) is 49.9 Å². The van der Waals surface area contributed by atoms with Gasteiger partial charge in [0.2, 0.25) is 0 Å². The number of carbonyl (C=O) groups excluding carboxylic acids is 1. The molecule has 2 nitrogen and oxygen atoms in total. The third-order valence-electron chi connectivity index (χ3n) is 3.04. The molecule has 88 valence electrons. The number of nitrogens with zero attached hydrogens (tertiary/aromatic N) is 1. The molecule has 0 N–H and O–H groups in total. The van der Waals surface area contributed by atoms with Gasteiger partial charge in [0.25, 0.3) is 0 Å². The van der Waals surface area contributed by atoms with Gasteiger partial charge in [0, 0.05) is 25.2 Å². The van der Waals surface area contributed by atoms with Gasteiger partial charge in [0.1, 0.15) is 6.29 Å². The smallest absolute Gasteiger partial charge is 0.120 e. The predicted octanol–water partition coefficient (Wildman–Crippen LogP) is 3.23. The average Bonchev–Trinajstić information content (AvgIpc) is 2.32. The second-order valence-electron chi connectivity index (χ2n) is 4.07. The molecule has 0 aliphatic heterocycles. The number of hydrogen-bond acceptors (Lipinski definition) is 2. The summed E-state index contributed by atoms with van der Waals surface area (Å²) in [5.41, 5.74) is 2.50. The van der Waals surface area contributed by atoms with Crippen molar-refractivity contribution in [2.45, 2.75) is 33.1 Å².